The fourth-order valence-corrected chi connectivity index (χ4v) is 2.55. The van der Waals surface area contributed by atoms with Gasteiger partial charge in [-0.1, -0.05) is 13.0 Å². The van der Waals surface area contributed by atoms with Gasteiger partial charge in [-0.05, 0) is 31.9 Å². The van der Waals surface area contributed by atoms with E-state index < -0.39 is 0 Å². The molecule has 10 heteroatoms. The van der Waals surface area contributed by atoms with E-state index in [-0.39, 0.29) is 35.9 Å². The smallest absolute Gasteiger partial charge is 0.191 e. The van der Waals surface area contributed by atoms with Gasteiger partial charge >= 0.3 is 0 Å². The normalized spacial score (nSPS) is 12.2. The lowest BCUT2D eigenvalue weighted by atomic mass is 10.2. The highest BCUT2D eigenvalue weighted by Crippen LogP contribution is 2.14. The van der Waals surface area contributed by atoms with E-state index in [1.807, 2.05) is 25.5 Å². The van der Waals surface area contributed by atoms with Gasteiger partial charge in [-0.3, -0.25) is 0 Å². The van der Waals surface area contributed by atoms with Crippen LogP contribution in [0.1, 0.15) is 31.4 Å². The van der Waals surface area contributed by atoms with Crippen LogP contribution in [0.15, 0.2) is 29.3 Å². The lowest BCUT2D eigenvalue weighted by molar-refractivity contribution is 0.194. The van der Waals surface area contributed by atoms with Crippen LogP contribution in [-0.2, 0) is 18.3 Å². The lowest BCUT2D eigenvalue weighted by Gasteiger charge is -2.20. The molecule has 0 aliphatic heterocycles. The fraction of sp³-hybridized carbons (Fsp3) is 0.550. The molecule has 0 saturated carbocycles. The summed E-state index contributed by atoms with van der Waals surface area (Å²) < 4.78 is 26.3. The van der Waals surface area contributed by atoms with Gasteiger partial charge in [0.05, 0.1) is 6.54 Å². The molecule has 1 aromatic carbocycles. The minimum Gasteiger partial charge on any atom is -0.489 e. The maximum absolute atomic E-state index is 13.4. The number of hydrogen-bond donors (Lipinski definition) is 2. The van der Waals surface area contributed by atoms with Crippen molar-refractivity contribution < 1.29 is 13.9 Å². The van der Waals surface area contributed by atoms with Crippen molar-refractivity contribution in [2.45, 2.75) is 39.3 Å². The van der Waals surface area contributed by atoms with Gasteiger partial charge in [-0.2, -0.15) is 0 Å². The van der Waals surface area contributed by atoms with Crippen LogP contribution in [-0.4, -0.2) is 53.6 Å². The maximum Gasteiger partial charge on any atom is 0.191 e. The highest BCUT2D eigenvalue weighted by molar-refractivity contribution is 14.0. The molecule has 0 aliphatic carbocycles. The summed E-state index contributed by atoms with van der Waals surface area (Å²) in [6.07, 6.45) is 1.50. The minimum absolute atomic E-state index is 0. The largest absolute Gasteiger partial charge is 0.489 e. The van der Waals surface area contributed by atoms with Crippen molar-refractivity contribution in [3.05, 3.63) is 41.7 Å². The van der Waals surface area contributed by atoms with Gasteiger partial charge in [0, 0.05) is 33.4 Å². The number of halogens is 2. The van der Waals surface area contributed by atoms with Crippen LogP contribution in [0, 0.1) is 12.7 Å². The molecular formula is C20H32FIN6O2. The number of guanidine groups is 1. The average Bonchev–Trinajstić information content (AvgIpc) is 3.03. The second kappa shape index (κ2) is 14.1. The van der Waals surface area contributed by atoms with Crippen LogP contribution in [0.25, 0.3) is 0 Å². The van der Waals surface area contributed by atoms with Crippen LogP contribution in [0.4, 0.5) is 4.39 Å². The standard InChI is InChI=1S/C20H31FN6O2.HI/c1-5-17(29-18-9-6-8-16(21)12-18)13-23-20(22-10-7-11-28-4)24-14-19-26-25-15(2)27(19)3;/h6,8-9,12,17H,5,7,10-11,13-14H2,1-4H3,(H2,22,23,24);1H. The minimum atomic E-state index is -0.314. The fourth-order valence-electron chi connectivity index (χ4n) is 2.55. The Balaban J connectivity index is 0.00000450. The van der Waals surface area contributed by atoms with Gasteiger partial charge in [0.2, 0.25) is 0 Å². The quantitative estimate of drug-likeness (QED) is 0.200. The second-order valence-electron chi connectivity index (χ2n) is 6.65. The Labute approximate surface area is 194 Å². The van der Waals surface area contributed by atoms with Crippen molar-refractivity contribution in [3.63, 3.8) is 0 Å². The van der Waals surface area contributed by atoms with Gasteiger partial charge in [0.1, 0.15) is 30.0 Å². The zero-order valence-corrected chi connectivity index (χ0v) is 20.4. The number of nitrogens with one attached hydrogen (secondary N) is 2. The Hall–Kier alpha value is -1.95. The van der Waals surface area contributed by atoms with Crippen molar-refractivity contribution in [1.29, 1.82) is 0 Å². The Kier molecular flexibility index (Phi) is 12.3. The van der Waals surface area contributed by atoms with Gasteiger partial charge < -0.3 is 24.7 Å². The SMILES string of the molecule is CCC(CNC(=NCc1nnc(C)n1C)NCCCOC)Oc1cccc(F)c1.I. The predicted molar refractivity (Wildman–Crippen MR) is 126 cm³/mol. The number of ether oxygens (including phenoxy) is 2. The Morgan fingerprint density at radius 2 is 2.10 bits per heavy atom. The monoisotopic (exact) mass is 534 g/mol. The Morgan fingerprint density at radius 1 is 1.30 bits per heavy atom. The van der Waals surface area contributed by atoms with E-state index in [1.165, 1.54) is 12.1 Å². The molecular weight excluding hydrogens is 502 g/mol. The lowest BCUT2D eigenvalue weighted by Crippen LogP contribution is -2.43. The molecule has 1 atom stereocenters. The summed E-state index contributed by atoms with van der Waals surface area (Å²) in [6.45, 7) is 6.25. The van der Waals surface area contributed by atoms with Crippen LogP contribution < -0.4 is 15.4 Å². The number of benzene rings is 1. The Morgan fingerprint density at radius 3 is 2.73 bits per heavy atom. The first-order valence-corrected chi connectivity index (χ1v) is 9.81. The molecule has 2 N–H and O–H groups in total. The van der Waals surface area contributed by atoms with Gasteiger partial charge in [0.25, 0.3) is 0 Å². The molecule has 2 rings (SSSR count). The summed E-state index contributed by atoms with van der Waals surface area (Å²) in [5, 5.41) is 14.8. The first-order chi connectivity index (χ1) is 14.0. The van der Waals surface area contributed by atoms with Crippen LogP contribution >= 0.6 is 24.0 Å². The molecule has 1 aromatic heterocycles. The van der Waals surface area contributed by atoms with E-state index in [0.717, 1.165) is 31.0 Å². The molecule has 1 heterocycles. The second-order valence-corrected chi connectivity index (χ2v) is 6.65. The molecule has 0 amide bonds. The third-order valence-corrected chi connectivity index (χ3v) is 4.43. The van der Waals surface area contributed by atoms with E-state index in [9.17, 15) is 4.39 Å². The Bertz CT molecular complexity index is 786. The molecule has 8 nitrogen and oxygen atoms in total. The summed E-state index contributed by atoms with van der Waals surface area (Å²) in [4.78, 5) is 4.61. The average molecular weight is 534 g/mol. The maximum atomic E-state index is 13.4. The summed E-state index contributed by atoms with van der Waals surface area (Å²) in [5.74, 6) is 2.48. The molecule has 30 heavy (non-hydrogen) atoms. The van der Waals surface area contributed by atoms with Gasteiger partial charge in [0.15, 0.2) is 11.8 Å². The number of rotatable bonds is 11. The number of methoxy groups -OCH3 is 1. The zero-order chi connectivity index (χ0) is 21.1. The van der Waals surface area contributed by atoms with Crippen molar-refractivity contribution >= 4 is 29.9 Å². The molecule has 1 unspecified atom stereocenters. The molecule has 2 aromatic rings. The van der Waals surface area contributed by atoms with E-state index in [0.29, 0.717) is 31.4 Å². The summed E-state index contributed by atoms with van der Waals surface area (Å²) >= 11 is 0. The number of aryl methyl sites for hydroxylation is 1. The highest BCUT2D eigenvalue weighted by Gasteiger charge is 2.11. The number of aromatic nitrogens is 3. The van der Waals surface area contributed by atoms with Crippen molar-refractivity contribution in [1.82, 2.24) is 25.4 Å². The van der Waals surface area contributed by atoms with Gasteiger partial charge in [-0.15, -0.1) is 34.2 Å². The van der Waals surface area contributed by atoms with Crippen LogP contribution in [0.5, 0.6) is 5.75 Å². The van der Waals surface area contributed by atoms with Crippen molar-refractivity contribution in [2.24, 2.45) is 12.0 Å². The molecule has 168 valence electrons. The molecule has 0 radical (unpaired) electrons. The number of nitrogens with zero attached hydrogens (tertiary/aromatic N) is 4. The first-order valence-electron chi connectivity index (χ1n) is 9.81. The summed E-state index contributed by atoms with van der Waals surface area (Å²) in [7, 11) is 3.60. The molecule has 0 bridgehead atoms. The predicted octanol–water partition coefficient (Wildman–Crippen LogP) is 2.81. The van der Waals surface area contributed by atoms with Crippen LogP contribution in [0.3, 0.4) is 0 Å². The molecule has 0 aliphatic rings. The van der Waals surface area contributed by atoms with Crippen molar-refractivity contribution in [3.8, 4) is 5.75 Å². The topological polar surface area (TPSA) is 85.6 Å². The third-order valence-electron chi connectivity index (χ3n) is 4.43. The summed E-state index contributed by atoms with van der Waals surface area (Å²) in [5.41, 5.74) is 0. The van der Waals surface area contributed by atoms with Crippen LogP contribution in [0.2, 0.25) is 0 Å². The summed E-state index contributed by atoms with van der Waals surface area (Å²) in [6, 6.07) is 6.17. The van der Waals surface area contributed by atoms with E-state index >= 15 is 0 Å². The zero-order valence-electron chi connectivity index (χ0n) is 18.0. The van der Waals surface area contributed by atoms with E-state index in [2.05, 4.69) is 25.8 Å². The number of aliphatic imine (C=N–C) groups is 1. The van der Waals surface area contributed by atoms with Gasteiger partial charge in [-0.25, -0.2) is 9.38 Å². The third kappa shape index (κ3) is 8.82. The molecule has 0 fully saturated rings. The molecule has 0 saturated heterocycles. The van der Waals surface area contributed by atoms with E-state index in [4.69, 9.17) is 9.47 Å². The highest BCUT2D eigenvalue weighted by atomic mass is 127. The first kappa shape index (κ1) is 26.1. The number of hydrogen-bond acceptors (Lipinski definition) is 5. The van der Waals surface area contributed by atoms with Crippen molar-refractivity contribution in [2.75, 3.05) is 26.8 Å². The van der Waals surface area contributed by atoms with E-state index in [1.54, 1.807) is 19.2 Å². The molecule has 0 spiro atoms.